The molecule has 0 aromatic heterocycles. The molecule has 0 radical (unpaired) electrons. The average molecular weight is 262 g/mol. The Hall–Kier alpha value is -1.06. The molecule has 1 aromatic carbocycles. The van der Waals surface area contributed by atoms with Crippen molar-refractivity contribution in [2.45, 2.75) is 45.3 Å². The third-order valence-corrected chi connectivity index (χ3v) is 3.87. The van der Waals surface area contributed by atoms with Gasteiger partial charge in [0.25, 0.3) is 0 Å². The Morgan fingerprint density at radius 3 is 2.79 bits per heavy atom. The Bertz CT molecular complexity index is 394. The van der Waals surface area contributed by atoms with Crippen molar-refractivity contribution in [3.63, 3.8) is 0 Å². The highest BCUT2D eigenvalue weighted by Gasteiger charge is 2.23. The van der Waals surface area contributed by atoms with Crippen LogP contribution in [-0.2, 0) is 0 Å². The third kappa shape index (κ3) is 3.48. The van der Waals surface area contributed by atoms with Crippen LogP contribution in [0.5, 0.6) is 0 Å². The SMILES string of the molecule is CCCNC(CC)c1ccccc1N1CCC(O)C1. The lowest BCUT2D eigenvalue weighted by Crippen LogP contribution is -2.27. The van der Waals surface area contributed by atoms with Crippen molar-refractivity contribution in [1.82, 2.24) is 5.32 Å². The molecule has 2 rings (SSSR count). The fraction of sp³-hybridized carbons (Fsp3) is 0.625. The standard InChI is InChI=1S/C16H26N2O/c1-3-10-17-15(4-2)14-7-5-6-8-16(14)18-11-9-13(19)12-18/h5-8,13,15,17,19H,3-4,9-12H2,1-2H3. The Morgan fingerprint density at radius 1 is 1.37 bits per heavy atom. The fourth-order valence-corrected chi connectivity index (χ4v) is 2.82. The summed E-state index contributed by atoms with van der Waals surface area (Å²) in [6.07, 6.45) is 2.96. The smallest absolute Gasteiger partial charge is 0.0731 e. The quantitative estimate of drug-likeness (QED) is 0.827. The minimum Gasteiger partial charge on any atom is -0.391 e. The highest BCUT2D eigenvalue weighted by atomic mass is 16.3. The molecule has 1 aliphatic heterocycles. The van der Waals surface area contributed by atoms with Crippen molar-refractivity contribution in [2.75, 3.05) is 24.5 Å². The van der Waals surface area contributed by atoms with Gasteiger partial charge in [-0.25, -0.2) is 0 Å². The summed E-state index contributed by atoms with van der Waals surface area (Å²) in [5.74, 6) is 0. The second-order valence-corrected chi connectivity index (χ2v) is 5.36. The van der Waals surface area contributed by atoms with E-state index in [9.17, 15) is 5.11 Å². The van der Waals surface area contributed by atoms with Crippen LogP contribution in [0.15, 0.2) is 24.3 Å². The van der Waals surface area contributed by atoms with Gasteiger partial charge in [-0.2, -0.15) is 0 Å². The third-order valence-electron chi connectivity index (χ3n) is 3.87. The summed E-state index contributed by atoms with van der Waals surface area (Å²) >= 11 is 0. The van der Waals surface area contributed by atoms with E-state index in [0.29, 0.717) is 6.04 Å². The van der Waals surface area contributed by atoms with Crippen LogP contribution >= 0.6 is 0 Å². The molecule has 0 spiro atoms. The van der Waals surface area contributed by atoms with Crippen molar-refractivity contribution >= 4 is 5.69 Å². The van der Waals surface area contributed by atoms with Gasteiger partial charge in [-0.15, -0.1) is 0 Å². The molecule has 19 heavy (non-hydrogen) atoms. The molecule has 0 saturated carbocycles. The lowest BCUT2D eigenvalue weighted by molar-refractivity contribution is 0.198. The molecule has 0 bridgehead atoms. The number of nitrogens with zero attached hydrogens (tertiary/aromatic N) is 1. The number of rotatable bonds is 6. The van der Waals surface area contributed by atoms with Crippen molar-refractivity contribution in [2.24, 2.45) is 0 Å². The molecular weight excluding hydrogens is 236 g/mol. The second kappa shape index (κ2) is 6.92. The van der Waals surface area contributed by atoms with Crippen molar-refractivity contribution in [1.29, 1.82) is 0 Å². The number of hydrogen-bond donors (Lipinski definition) is 2. The zero-order chi connectivity index (χ0) is 13.7. The monoisotopic (exact) mass is 262 g/mol. The first-order valence-corrected chi connectivity index (χ1v) is 7.51. The van der Waals surface area contributed by atoms with E-state index in [1.165, 1.54) is 11.3 Å². The number of benzene rings is 1. The van der Waals surface area contributed by atoms with Gasteiger partial charge in [0.05, 0.1) is 6.10 Å². The van der Waals surface area contributed by atoms with E-state index >= 15 is 0 Å². The van der Waals surface area contributed by atoms with Crippen molar-refractivity contribution < 1.29 is 5.11 Å². The van der Waals surface area contributed by atoms with Gasteiger partial charge in [0, 0.05) is 24.8 Å². The summed E-state index contributed by atoms with van der Waals surface area (Å²) in [4.78, 5) is 2.32. The van der Waals surface area contributed by atoms with Crippen LogP contribution in [0.2, 0.25) is 0 Å². The molecule has 1 fully saturated rings. The predicted molar refractivity (Wildman–Crippen MR) is 80.6 cm³/mol. The van der Waals surface area contributed by atoms with E-state index in [4.69, 9.17) is 0 Å². The van der Waals surface area contributed by atoms with E-state index in [0.717, 1.165) is 38.9 Å². The minimum absolute atomic E-state index is 0.170. The van der Waals surface area contributed by atoms with Crippen LogP contribution in [0, 0.1) is 0 Å². The number of hydrogen-bond acceptors (Lipinski definition) is 3. The van der Waals surface area contributed by atoms with Crippen LogP contribution in [-0.4, -0.2) is 30.8 Å². The van der Waals surface area contributed by atoms with Crippen LogP contribution in [0.3, 0.4) is 0 Å². The van der Waals surface area contributed by atoms with Gasteiger partial charge in [-0.05, 0) is 37.4 Å². The first-order chi connectivity index (χ1) is 9.26. The molecule has 0 amide bonds. The fourth-order valence-electron chi connectivity index (χ4n) is 2.82. The van der Waals surface area contributed by atoms with E-state index in [1.54, 1.807) is 0 Å². The first-order valence-electron chi connectivity index (χ1n) is 7.51. The van der Waals surface area contributed by atoms with Crippen LogP contribution < -0.4 is 10.2 Å². The number of anilines is 1. The van der Waals surface area contributed by atoms with Gasteiger partial charge in [0.15, 0.2) is 0 Å². The molecule has 2 unspecified atom stereocenters. The van der Waals surface area contributed by atoms with E-state index in [-0.39, 0.29) is 6.10 Å². The van der Waals surface area contributed by atoms with Gasteiger partial charge < -0.3 is 15.3 Å². The first kappa shape index (κ1) is 14.4. The lowest BCUT2D eigenvalue weighted by atomic mass is 10.0. The normalized spacial score (nSPS) is 20.8. The molecule has 1 aliphatic rings. The highest BCUT2D eigenvalue weighted by Crippen LogP contribution is 2.30. The zero-order valence-corrected chi connectivity index (χ0v) is 12.1. The van der Waals surface area contributed by atoms with E-state index < -0.39 is 0 Å². The number of para-hydroxylation sites is 1. The summed E-state index contributed by atoms with van der Waals surface area (Å²) < 4.78 is 0. The lowest BCUT2D eigenvalue weighted by Gasteiger charge is -2.26. The summed E-state index contributed by atoms with van der Waals surface area (Å²) in [5.41, 5.74) is 2.65. The molecular formula is C16H26N2O. The molecule has 1 heterocycles. The van der Waals surface area contributed by atoms with Gasteiger partial charge >= 0.3 is 0 Å². The van der Waals surface area contributed by atoms with Crippen molar-refractivity contribution in [3.05, 3.63) is 29.8 Å². The Balaban J connectivity index is 2.19. The maximum absolute atomic E-state index is 9.73. The molecule has 2 atom stereocenters. The van der Waals surface area contributed by atoms with Gasteiger partial charge in [0.2, 0.25) is 0 Å². The largest absolute Gasteiger partial charge is 0.391 e. The zero-order valence-electron chi connectivity index (χ0n) is 12.1. The predicted octanol–water partition coefficient (Wildman–Crippen LogP) is 2.71. The maximum atomic E-state index is 9.73. The number of β-amino-alcohol motifs (C(OH)–C–C–N with tert-alkyl or cyclic N) is 1. The molecule has 1 saturated heterocycles. The molecule has 3 heteroatoms. The Kier molecular flexibility index (Phi) is 5.23. The molecule has 0 aliphatic carbocycles. The molecule has 1 aromatic rings. The molecule has 3 nitrogen and oxygen atoms in total. The van der Waals surface area contributed by atoms with Gasteiger partial charge in [-0.3, -0.25) is 0 Å². The molecule has 2 N–H and O–H groups in total. The Morgan fingerprint density at radius 2 is 2.16 bits per heavy atom. The average Bonchev–Trinajstić information content (AvgIpc) is 2.87. The maximum Gasteiger partial charge on any atom is 0.0731 e. The van der Waals surface area contributed by atoms with Crippen LogP contribution in [0.4, 0.5) is 5.69 Å². The minimum atomic E-state index is -0.170. The topological polar surface area (TPSA) is 35.5 Å². The van der Waals surface area contributed by atoms with E-state index in [1.807, 2.05) is 0 Å². The van der Waals surface area contributed by atoms with Gasteiger partial charge in [0.1, 0.15) is 0 Å². The summed E-state index contributed by atoms with van der Waals surface area (Å²) in [5, 5.41) is 13.4. The number of aliphatic hydroxyl groups excluding tert-OH is 1. The van der Waals surface area contributed by atoms with Crippen molar-refractivity contribution in [3.8, 4) is 0 Å². The second-order valence-electron chi connectivity index (χ2n) is 5.36. The highest BCUT2D eigenvalue weighted by molar-refractivity contribution is 5.55. The van der Waals surface area contributed by atoms with Crippen LogP contribution in [0.1, 0.15) is 44.7 Å². The van der Waals surface area contributed by atoms with Gasteiger partial charge in [-0.1, -0.05) is 32.0 Å². The van der Waals surface area contributed by atoms with E-state index in [2.05, 4.69) is 48.3 Å². The summed E-state index contributed by atoms with van der Waals surface area (Å²) in [6, 6.07) is 9.02. The Labute approximate surface area is 116 Å². The number of nitrogens with one attached hydrogen (secondary N) is 1. The molecule has 106 valence electrons. The number of aliphatic hydroxyl groups is 1. The summed E-state index contributed by atoms with van der Waals surface area (Å²) in [7, 11) is 0. The van der Waals surface area contributed by atoms with Crippen LogP contribution in [0.25, 0.3) is 0 Å². The summed E-state index contributed by atoms with van der Waals surface area (Å²) in [6.45, 7) is 7.20.